The zero-order valence-electron chi connectivity index (χ0n) is 8.70. The first-order valence-electron chi connectivity index (χ1n) is 4.62. The number of rotatable bonds is 2. The summed E-state index contributed by atoms with van der Waals surface area (Å²) in [6.07, 6.45) is 0. The lowest BCUT2D eigenvalue weighted by molar-refractivity contribution is 0.102. The molecule has 0 fully saturated rings. The Bertz CT molecular complexity index is 548. The standard InChI is InChI=1S/C10H7Br2N3O2/c1-5-14-15-10(17-5)13-9(16)6-2-7(11)4-8(12)3-6/h2-4H,1H3,(H,13,15,16). The summed E-state index contributed by atoms with van der Waals surface area (Å²) < 4.78 is 6.67. The lowest BCUT2D eigenvalue weighted by Crippen LogP contribution is -2.12. The summed E-state index contributed by atoms with van der Waals surface area (Å²) in [4.78, 5) is 11.8. The molecule has 0 aliphatic carbocycles. The highest BCUT2D eigenvalue weighted by Gasteiger charge is 2.11. The van der Waals surface area contributed by atoms with E-state index in [1.807, 2.05) is 6.07 Å². The summed E-state index contributed by atoms with van der Waals surface area (Å²) in [6.45, 7) is 1.65. The molecule has 1 aromatic carbocycles. The number of hydrogen-bond donors (Lipinski definition) is 1. The third-order valence-corrected chi connectivity index (χ3v) is 2.79. The Balaban J connectivity index is 2.19. The first-order chi connectivity index (χ1) is 8.04. The van der Waals surface area contributed by atoms with Crippen molar-refractivity contribution in [3.63, 3.8) is 0 Å². The lowest BCUT2D eigenvalue weighted by atomic mass is 10.2. The highest BCUT2D eigenvalue weighted by molar-refractivity contribution is 9.11. The highest BCUT2D eigenvalue weighted by Crippen LogP contribution is 2.20. The van der Waals surface area contributed by atoms with Crippen LogP contribution in [0.2, 0.25) is 0 Å². The summed E-state index contributed by atoms with van der Waals surface area (Å²) in [6, 6.07) is 5.32. The van der Waals surface area contributed by atoms with Gasteiger partial charge in [0.25, 0.3) is 5.91 Å². The lowest BCUT2D eigenvalue weighted by Gasteiger charge is -2.02. The number of carbonyl (C=O) groups excluding carboxylic acids is 1. The molecule has 0 aliphatic rings. The molecule has 0 radical (unpaired) electrons. The Hall–Kier alpha value is -1.21. The summed E-state index contributed by atoms with van der Waals surface area (Å²) in [5, 5.41) is 9.82. The number of halogens is 2. The smallest absolute Gasteiger partial charge is 0.322 e. The molecule has 0 aliphatic heterocycles. The molecular weight excluding hydrogens is 354 g/mol. The van der Waals surface area contributed by atoms with Gasteiger partial charge in [-0.15, -0.1) is 5.10 Å². The predicted molar refractivity (Wildman–Crippen MR) is 68.8 cm³/mol. The van der Waals surface area contributed by atoms with Gasteiger partial charge < -0.3 is 4.42 Å². The molecule has 0 saturated carbocycles. The number of nitrogens with zero attached hydrogens (tertiary/aromatic N) is 2. The quantitative estimate of drug-likeness (QED) is 0.893. The van der Waals surface area contributed by atoms with Crippen LogP contribution in [0.5, 0.6) is 0 Å². The zero-order chi connectivity index (χ0) is 12.4. The second-order valence-corrected chi connectivity index (χ2v) is 5.07. The molecule has 1 heterocycles. The van der Waals surface area contributed by atoms with Crippen LogP contribution in [0.4, 0.5) is 6.01 Å². The molecule has 1 amide bonds. The van der Waals surface area contributed by atoms with Gasteiger partial charge in [0.15, 0.2) is 0 Å². The fourth-order valence-electron chi connectivity index (χ4n) is 1.20. The van der Waals surface area contributed by atoms with Gasteiger partial charge in [0, 0.05) is 21.4 Å². The van der Waals surface area contributed by atoms with Crippen LogP contribution in [0.1, 0.15) is 16.2 Å². The fraction of sp³-hybridized carbons (Fsp3) is 0.100. The molecule has 17 heavy (non-hydrogen) atoms. The molecule has 0 unspecified atom stereocenters. The fourth-order valence-corrected chi connectivity index (χ4v) is 2.49. The van der Waals surface area contributed by atoms with Crippen molar-refractivity contribution in [2.45, 2.75) is 6.92 Å². The molecule has 5 nitrogen and oxygen atoms in total. The minimum atomic E-state index is -0.310. The molecule has 0 spiro atoms. The Morgan fingerprint density at radius 3 is 2.41 bits per heavy atom. The van der Waals surface area contributed by atoms with Crippen molar-refractivity contribution in [3.05, 3.63) is 38.6 Å². The van der Waals surface area contributed by atoms with E-state index in [-0.39, 0.29) is 11.9 Å². The molecule has 2 aromatic rings. The van der Waals surface area contributed by atoms with E-state index in [9.17, 15) is 4.79 Å². The Labute approximate surface area is 114 Å². The molecule has 0 atom stereocenters. The van der Waals surface area contributed by atoms with E-state index in [0.717, 1.165) is 8.95 Å². The molecule has 88 valence electrons. The van der Waals surface area contributed by atoms with Gasteiger partial charge in [-0.05, 0) is 18.2 Å². The number of carbonyl (C=O) groups is 1. The molecule has 0 saturated heterocycles. The summed E-state index contributed by atoms with van der Waals surface area (Å²) in [7, 11) is 0. The van der Waals surface area contributed by atoms with Gasteiger partial charge in [-0.3, -0.25) is 10.1 Å². The van der Waals surface area contributed by atoms with E-state index in [2.05, 4.69) is 47.4 Å². The van der Waals surface area contributed by atoms with Crippen LogP contribution < -0.4 is 5.32 Å². The van der Waals surface area contributed by atoms with Gasteiger partial charge in [-0.1, -0.05) is 37.0 Å². The van der Waals surface area contributed by atoms with E-state index in [0.29, 0.717) is 11.5 Å². The number of benzene rings is 1. The maximum absolute atomic E-state index is 11.8. The van der Waals surface area contributed by atoms with Gasteiger partial charge in [0.1, 0.15) is 0 Å². The van der Waals surface area contributed by atoms with Crippen molar-refractivity contribution in [1.29, 1.82) is 0 Å². The predicted octanol–water partition coefficient (Wildman–Crippen LogP) is 3.16. The third kappa shape index (κ3) is 3.13. The Kier molecular flexibility index (Phi) is 3.58. The Morgan fingerprint density at radius 1 is 1.24 bits per heavy atom. The minimum Gasteiger partial charge on any atom is -0.408 e. The molecular formula is C10H7Br2N3O2. The number of amides is 1. The SMILES string of the molecule is Cc1nnc(NC(=O)c2cc(Br)cc(Br)c2)o1. The van der Waals surface area contributed by atoms with Crippen LogP contribution in [0.15, 0.2) is 31.6 Å². The second-order valence-electron chi connectivity index (χ2n) is 3.24. The van der Waals surface area contributed by atoms with Crippen molar-refractivity contribution in [3.8, 4) is 0 Å². The van der Waals surface area contributed by atoms with Crippen LogP contribution in [-0.4, -0.2) is 16.1 Å². The van der Waals surface area contributed by atoms with Gasteiger partial charge >= 0.3 is 6.01 Å². The zero-order valence-corrected chi connectivity index (χ0v) is 11.9. The van der Waals surface area contributed by atoms with Crippen molar-refractivity contribution >= 4 is 43.8 Å². The number of hydrogen-bond acceptors (Lipinski definition) is 4. The van der Waals surface area contributed by atoms with E-state index >= 15 is 0 Å². The average Bonchev–Trinajstić information content (AvgIpc) is 2.62. The van der Waals surface area contributed by atoms with Gasteiger partial charge in [-0.25, -0.2) is 0 Å². The van der Waals surface area contributed by atoms with Crippen LogP contribution in [0, 0.1) is 6.92 Å². The van der Waals surface area contributed by atoms with Crippen molar-refractivity contribution in [2.75, 3.05) is 5.32 Å². The monoisotopic (exact) mass is 359 g/mol. The van der Waals surface area contributed by atoms with Crippen LogP contribution in [0.25, 0.3) is 0 Å². The Morgan fingerprint density at radius 2 is 1.88 bits per heavy atom. The van der Waals surface area contributed by atoms with Gasteiger partial charge in [-0.2, -0.15) is 0 Å². The largest absolute Gasteiger partial charge is 0.408 e. The van der Waals surface area contributed by atoms with E-state index in [1.54, 1.807) is 19.1 Å². The van der Waals surface area contributed by atoms with Crippen LogP contribution in [0.3, 0.4) is 0 Å². The van der Waals surface area contributed by atoms with Gasteiger partial charge in [0.2, 0.25) is 5.89 Å². The van der Waals surface area contributed by atoms with Gasteiger partial charge in [0.05, 0.1) is 0 Å². The molecule has 1 N–H and O–H groups in total. The molecule has 1 aromatic heterocycles. The molecule has 0 bridgehead atoms. The molecule has 2 rings (SSSR count). The third-order valence-electron chi connectivity index (χ3n) is 1.87. The van der Waals surface area contributed by atoms with Crippen molar-refractivity contribution in [1.82, 2.24) is 10.2 Å². The first-order valence-corrected chi connectivity index (χ1v) is 6.21. The summed E-state index contributed by atoms with van der Waals surface area (Å²) >= 11 is 6.62. The van der Waals surface area contributed by atoms with E-state index in [1.165, 1.54) is 0 Å². The topological polar surface area (TPSA) is 68.0 Å². The summed E-state index contributed by atoms with van der Waals surface area (Å²) in [5.74, 6) is 0.0892. The maximum atomic E-state index is 11.8. The van der Waals surface area contributed by atoms with Crippen LogP contribution in [-0.2, 0) is 0 Å². The number of nitrogens with one attached hydrogen (secondary N) is 1. The van der Waals surface area contributed by atoms with Crippen LogP contribution >= 0.6 is 31.9 Å². The average molecular weight is 361 g/mol. The highest BCUT2D eigenvalue weighted by atomic mass is 79.9. The van der Waals surface area contributed by atoms with E-state index < -0.39 is 0 Å². The first kappa shape index (κ1) is 12.3. The number of aromatic nitrogens is 2. The normalized spacial score (nSPS) is 10.3. The molecule has 7 heteroatoms. The second kappa shape index (κ2) is 4.97. The summed E-state index contributed by atoms with van der Waals surface area (Å²) in [5.41, 5.74) is 0.488. The number of aryl methyl sites for hydroxylation is 1. The number of anilines is 1. The minimum absolute atomic E-state index is 0.0867. The van der Waals surface area contributed by atoms with Crippen molar-refractivity contribution < 1.29 is 9.21 Å². The van der Waals surface area contributed by atoms with Crippen molar-refractivity contribution in [2.24, 2.45) is 0 Å². The maximum Gasteiger partial charge on any atom is 0.322 e. The van der Waals surface area contributed by atoms with E-state index in [4.69, 9.17) is 4.42 Å².